The molecule has 17 heavy (non-hydrogen) atoms. The standard InChI is InChI=1S/C15H27NO/c1-4-6-8-9-12-15(3,11-7-5-2)14-10-13-17-16-14/h10,13H,4-9,11-12H2,1-3H3. The average molecular weight is 237 g/mol. The fourth-order valence-corrected chi connectivity index (χ4v) is 2.41. The van der Waals surface area contributed by atoms with Crippen molar-refractivity contribution in [2.45, 2.75) is 77.6 Å². The molecule has 1 unspecified atom stereocenters. The number of nitrogens with zero attached hydrogens (tertiary/aromatic N) is 1. The zero-order valence-corrected chi connectivity index (χ0v) is 11.7. The van der Waals surface area contributed by atoms with Gasteiger partial charge >= 0.3 is 0 Å². The van der Waals surface area contributed by atoms with Gasteiger partial charge in [0.25, 0.3) is 0 Å². The van der Waals surface area contributed by atoms with Gasteiger partial charge in [0.05, 0.1) is 5.69 Å². The Kier molecular flexibility index (Phi) is 6.31. The van der Waals surface area contributed by atoms with Crippen molar-refractivity contribution in [3.05, 3.63) is 18.0 Å². The van der Waals surface area contributed by atoms with E-state index in [-0.39, 0.29) is 5.41 Å². The molecule has 0 amide bonds. The lowest BCUT2D eigenvalue weighted by Crippen LogP contribution is -2.22. The first kappa shape index (κ1) is 14.3. The van der Waals surface area contributed by atoms with Crippen LogP contribution < -0.4 is 0 Å². The predicted octanol–water partition coefficient (Wildman–Crippen LogP) is 5.09. The highest BCUT2D eigenvalue weighted by Crippen LogP contribution is 2.34. The van der Waals surface area contributed by atoms with Crippen molar-refractivity contribution in [1.82, 2.24) is 5.16 Å². The number of hydrogen-bond acceptors (Lipinski definition) is 2. The average Bonchev–Trinajstić information content (AvgIpc) is 2.86. The van der Waals surface area contributed by atoms with Crippen molar-refractivity contribution in [2.24, 2.45) is 0 Å². The molecule has 0 aliphatic carbocycles. The lowest BCUT2D eigenvalue weighted by Gasteiger charge is -2.27. The first-order valence-corrected chi connectivity index (χ1v) is 7.14. The quantitative estimate of drug-likeness (QED) is 0.559. The minimum atomic E-state index is 0.219. The molecule has 2 nitrogen and oxygen atoms in total. The summed E-state index contributed by atoms with van der Waals surface area (Å²) in [5.41, 5.74) is 1.36. The Morgan fingerprint density at radius 1 is 1.06 bits per heavy atom. The molecule has 0 spiro atoms. The molecule has 1 aromatic rings. The highest BCUT2D eigenvalue weighted by molar-refractivity contribution is 5.11. The molecule has 0 bridgehead atoms. The van der Waals surface area contributed by atoms with Gasteiger partial charge in [-0.05, 0) is 12.8 Å². The van der Waals surface area contributed by atoms with Crippen LogP contribution in [0.4, 0.5) is 0 Å². The number of aromatic nitrogens is 1. The van der Waals surface area contributed by atoms with Gasteiger partial charge in [-0.1, -0.05) is 64.5 Å². The van der Waals surface area contributed by atoms with Crippen molar-refractivity contribution in [3.8, 4) is 0 Å². The van der Waals surface area contributed by atoms with Crippen LogP contribution in [0, 0.1) is 0 Å². The first-order chi connectivity index (χ1) is 8.23. The van der Waals surface area contributed by atoms with Gasteiger partial charge in [0.2, 0.25) is 0 Å². The Bertz CT molecular complexity index is 281. The van der Waals surface area contributed by atoms with E-state index in [0.29, 0.717) is 0 Å². The monoisotopic (exact) mass is 237 g/mol. The van der Waals surface area contributed by atoms with Gasteiger partial charge < -0.3 is 4.52 Å². The van der Waals surface area contributed by atoms with E-state index in [1.807, 2.05) is 6.07 Å². The highest BCUT2D eigenvalue weighted by atomic mass is 16.5. The summed E-state index contributed by atoms with van der Waals surface area (Å²) in [5, 5.41) is 4.17. The van der Waals surface area contributed by atoms with E-state index >= 15 is 0 Å². The van der Waals surface area contributed by atoms with E-state index in [1.165, 1.54) is 51.4 Å². The Hall–Kier alpha value is -0.790. The Morgan fingerprint density at radius 3 is 2.35 bits per heavy atom. The number of unbranched alkanes of at least 4 members (excludes halogenated alkanes) is 4. The number of hydrogen-bond donors (Lipinski definition) is 0. The third-order valence-corrected chi connectivity index (χ3v) is 3.72. The predicted molar refractivity (Wildman–Crippen MR) is 72.1 cm³/mol. The molecule has 0 aliphatic rings. The maximum atomic E-state index is 5.02. The van der Waals surface area contributed by atoms with Crippen molar-refractivity contribution in [2.75, 3.05) is 0 Å². The molecule has 1 rings (SSSR count). The fraction of sp³-hybridized carbons (Fsp3) is 0.800. The summed E-state index contributed by atoms with van der Waals surface area (Å²) in [4.78, 5) is 0. The molecular weight excluding hydrogens is 210 g/mol. The fourth-order valence-electron chi connectivity index (χ4n) is 2.41. The maximum absolute atomic E-state index is 5.02. The van der Waals surface area contributed by atoms with Crippen molar-refractivity contribution < 1.29 is 4.52 Å². The molecule has 0 aromatic carbocycles. The number of rotatable bonds is 9. The zero-order valence-electron chi connectivity index (χ0n) is 11.7. The van der Waals surface area contributed by atoms with Crippen LogP contribution in [0.3, 0.4) is 0 Å². The van der Waals surface area contributed by atoms with E-state index in [4.69, 9.17) is 4.52 Å². The molecule has 1 aromatic heterocycles. The van der Waals surface area contributed by atoms with Gasteiger partial charge in [-0.25, -0.2) is 0 Å². The third kappa shape index (κ3) is 4.53. The molecule has 98 valence electrons. The molecule has 0 N–H and O–H groups in total. The van der Waals surface area contributed by atoms with Gasteiger partial charge in [0.15, 0.2) is 0 Å². The molecular formula is C15H27NO. The van der Waals surface area contributed by atoms with Crippen LogP contribution in [0.1, 0.15) is 77.8 Å². The van der Waals surface area contributed by atoms with Gasteiger partial charge in [0.1, 0.15) is 6.26 Å². The van der Waals surface area contributed by atoms with E-state index < -0.39 is 0 Å². The lowest BCUT2D eigenvalue weighted by molar-refractivity contribution is 0.328. The summed E-state index contributed by atoms with van der Waals surface area (Å²) in [6.07, 6.45) is 12.0. The SMILES string of the molecule is CCCCCCC(C)(CCCC)c1ccon1. The molecule has 0 fully saturated rings. The molecule has 0 saturated carbocycles. The molecule has 0 radical (unpaired) electrons. The van der Waals surface area contributed by atoms with Gasteiger partial charge in [-0.2, -0.15) is 0 Å². The molecule has 1 atom stereocenters. The third-order valence-electron chi connectivity index (χ3n) is 3.72. The summed E-state index contributed by atoms with van der Waals surface area (Å²) in [5.74, 6) is 0. The smallest absolute Gasteiger partial charge is 0.124 e. The second-order valence-corrected chi connectivity index (χ2v) is 5.36. The van der Waals surface area contributed by atoms with Crippen LogP contribution in [0.2, 0.25) is 0 Å². The van der Waals surface area contributed by atoms with E-state index in [2.05, 4.69) is 25.9 Å². The van der Waals surface area contributed by atoms with Crippen molar-refractivity contribution in [3.63, 3.8) is 0 Å². The Morgan fingerprint density at radius 2 is 1.76 bits per heavy atom. The van der Waals surface area contributed by atoms with Gasteiger partial charge in [-0.3, -0.25) is 0 Å². The summed E-state index contributed by atoms with van der Waals surface area (Å²) in [6, 6.07) is 2.04. The van der Waals surface area contributed by atoms with Crippen LogP contribution in [-0.4, -0.2) is 5.16 Å². The minimum absolute atomic E-state index is 0.219. The van der Waals surface area contributed by atoms with Crippen molar-refractivity contribution in [1.29, 1.82) is 0 Å². The highest BCUT2D eigenvalue weighted by Gasteiger charge is 2.28. The van der Waals surface area contributed by atoms with E-state index in [1.54, 1.807) is 6.26 Å². The van der Waals surface area contributed by atoms with E-state index in [9.17, 15) is 0 Å². The topological polar surface area (TPSA) is 26.0 Å². The molecule has 2 heteroatoms. The second-order valence-electron chi connectivity index (χ2n) is 5.36. The van der Waals surface area contributed by atoms with Crippen LogP contribution in [0.25, 0.3) is 0 Å². The van der Waals surface area contributed by atoms with E-state index in [0.717, 1.165) is 5.69 Å². The maximum Gasteiger partial charge on any atom is 0.124 e. The lowest BCUT2D eigenvalue weighted by atomic mass is 9.77. The molecule has 0 aliphatic heterocycles. The van der Waals surface area contributed by atoms with Crippen LogP contribution in [0.15, 0.2) is 16.9 Å². The first-order valence-electron chi connectivity index (χ1n) is 7.14. The van der Waals surface area contributed by atoms with Gasteiger partial charge in [-0.15, -0.1) is 0 Å². The molecule has 0 saturated heterocycles. The summed E-state index contributed by atoms with van der Waals surface area (Å²) in [6.45, 7) is 6.85. The summed E-state index contributed by atoms with van der Waals surface area (Å²) < 4.78 is 5.02. The normalized spacial score (nSPS) is 14.8. The largest absolute Gasteiger partial charge is 0.364 e. The van der Waals surface area contributed by atoms with Crippen molar-refractivity contribution >= 4 is 0 Å². The second kappa shape index (κ2) is 7.52. The molecule has 1 heterocycles. The zero-order chi connectivity index (χ0) is 12.6. The summed E-state index contributed by atoms with van der Waals surface area (Å²) >= 11 is 0. The van der Waals surface area contributed by atoms with Crippen LogP contribution >= 0.6 is 0 Å². The van der Waals surface area contributed by atoms with Crippen LogP contribution in [0.5, 0.6) is 0 Å². The Labute approximate surface area is 106 Å². The minimum Gasteiger partial charge on any atom is -0.364 e. The summed E-state index contributed by atoms with van der Waals surface area (Å²) in [7, 11) is 0. The Balaban J connectivity index is 2.53. The van der Waals surface area contributed by atoms with Gasteiger partial charge in [0, 0.05) is 11.5 Å². The van der Waals surface area contributed by atoms with Crippen LogP contribution in [-0.2, 0) is 5.41 Å².